The maximum Gasteiger partial charge on any atom is 0.414 e. The highest BCUT2D eigenvalue weighted by atomic mass is 16.6. The largest absolute Gasteiger partial charge is 0.465 e. The van der Waals surface area contributed by atoms with Crippen LogP contribution in [0.2, 0.25) is 0 Å². The Morgan fingerprint density at radius 1 is 0.932 bits per heavy atom. The van der Waals surface area contributed by atoms with E-state index in [1.54, 1.807) is 29.2 Å². The van der Waals surface area contributed by atoms with Crippen LogP contribution in [-0.4, -0.2) is 91.6 Å². The summed E-state index contributed by atoms with van der Waals surface area (Å²) in [6.07, 6.45) is -0.684. The van der Waals surface area contributed by atoms with Crippen LogP contribution in [0.1, 0.15) is 36.5 Å². The van der Waals surface area contributed by atoms with Gasteiger partial charge < -0.3 is 14.8 Å². The van der Waals surface area contributed by atoms with E-state index in [0.717, 1.165) is 37.3 Å². The average molecular weight is 598 g/mol. The van der Waals surface area contributed by atoms with Gasteiger partial charge in [-0.2, -0.15) is 0 Å². The molecule has 2 aliphatic rings. The molecule has 230 valence electrons. The van der Waals surface area contributed by atoms with Crippen LogP contribution < -0.4 is 10.2 Å². The summed E-state index contributed by atoms with van der Waals surface area (Å²) in [4.78, 5) is 44.2. The summed E-state index contributed by atoms with van der Waals surface area (Å²) in [7, 11) is 0. The number of hydrogen-bond donors (Lipinski definition) is 2. The number of carbonyl (C=O) groups is 3. The van der Waals surface area contributed by atoms with Crippen molar-refractivity contribution < 1.29 is 23.9 Å². The highest BCUT2D eigenvalue weighted by Crippen LogP contribution is 2.26. The van der Waals surface area contributed by atoms with Gasteiger partial charge in [0, 0.05) is 44.0 Å². The number of hydrogen-bond acceptors (Lipinski definition) is 8. The molecule has 2 heterocycles. The van der Waals surface area contributed by atoms with Gasteiger partial charge in [0.2, 0.25) is 5.91 Å². The average Bonchev–Trinajstić information content (AvgIpc) is 3.41. The summed E-state index contributed by atoms with van der Waals surface area (Å²) in [5.41, 5.74) is 2.88. The number of carbonyl (C=O) groups excluding carboxylic acids is 3. The highest BCUT2D eigenvalue weighted by molar-refractivity contribution is 6.08. The van der Waals surface area contributed by atoms with Crippen LogP contribution in [0.3, 0.4) is 0 Å². The van der Waals surface area contributed by atoms with E-state index in [9.17, 15) is 14.4 Å². The first-order valence-electron chi connectivity index (χ1n) is 15.0. The lowest BCUT2D eigenvalue weighted by molar-refractivity contribution is -0.149. The normalized spacial score (nSPS) is 18.1. The molecular formula is C34H39N5O5. The third-order valence-electron chi connectivity index (χ3n) is 8.16. The number of amidine groups is 1. The molecule has 2 amide bonds. The summed E-state index contributed by atoms with van der Waals surface area (Å²) in [6, 6.07) is 25.7. The molecular weight excluding hydrogens is 558 g/mol. The molecule has 0 bridgehead atoms. The minimum atomic E-state index is -0.558. The van der Waals surface area contributed by atoms with Crippen molar-refractivity contribution in [3.63, 3.8) is 0 Å². The Morgan fingerprint density at radius 2 is 1.52 bits per heavy atom. The minimum Gasteiger partial charge on any atom is -0.465 e. The third kappa shape index (κ3) is 7.32. The molecule has 2 N–H and O–H groups in total. The standard InChI is InChI=1S/C34H39N5O5/c1-3-43-33(41)24(2)38-20-18-37(19-21-38)22-29-23-39(34(42)44-29)28-16-14-27(15-17-28)31(35)36-32(40)30(25-10-6-4-7-11-25)26-12-8-5-9-13-26/h4-17,24,29-30H,3,18-23H2,1-2H3,(H2,35,36,40). The van der Waals surface area contributed by atoms with E-state index in [0.29, 0.717) is 30.9 Å². The molecule has 44 heavy (non-hydrogen) atoms. The minimum absolute atomic E-state index is 0.0169. The number of anilines is 1. The number of ether oxygens (including phenoxy) is 2. The summed E-state index contributed by atoms with van der Waals surface area (Å²) in [5.74, 6) is -1.07. The first-order valence-corrected chi connectivity index (χ1v) is 15.0. The molecule has 2 fully saturated rings. The maximum absolute atomic E-state index is 13.4. The number of rotatable bonds is 10. The fourth-order valence-corrected chi connectivity index (χ4v) is 5.72. The lowest BCUT2D eigenvalue weighted by atomic mass is 9.90. The molecule has 3 aromatic rings. The maximum atomic E-state index is 13.4. The lowest BCUT2D eigenvalue weighted by Crippen LogP contribution is -2.53. The predicted molar refractivity (Wildman–Crippen MR) is 168 cm³/mol. The molecule has 0 radical (unpaired) electrons. The highest BCUT2D eigenvalue weighted by Gasteiger charge is 2.35. The van der Waals surface area contributed by atoms with Gasteiger partial charge in [0.1, 0.15) is 18.0 Å². The first kappa shape index (κ1) is 30.9. The van der Waals surface area contributed by atoms with Crippen LogP contribution in [0.5, 0.6) is 0 Å². The predicted octanol–water partition coefficient (Wildman–Crippen LogP) is 3.85. The monoisotopic (exact) mass is 597 g/mol. The van der Waals surface area contributed by atoms with E-state index in [-0.39, 0.29) is 29.9 Å². The van der Waals surface area contributed by atoms with E-state index < -0.39 is 12.0 Å². The van der Waals surface area contributed by atoms with Crippen LogP contribution in [0, 0.1) is 5.41 Å². The zero-order valence-corrected chi connectivity index (χ0v) is 25.1. The number of piperazine rings is 1. The van der Waals surface area contributed by atoms with Gasteiger partial charge in [-0.25, -0.2) is 4.79 Å². The van der Waals surface area contributed by atoms with Crippen LogP contribution in [0.15, 0.2) is 84.9 Å². The first-order chi connectivity index (χ1) is 21.3. The number of cyclic esters (lactones) is 1. The number of amides is 2. The Bertz CT molecular complexity index is 1400. The SMILES string of the molecule is CCOC(=O)C(C)N1CCN(CC2CN(c3ccc(C(=N)NC(=O)C(c4ccccc4)c4ccccc4)cc3)C(=O)O2)CC1. The molecule has 10 nitrogen and oxygen atoms in total. The topological polar surface area (TPSA) is 115 Å². The van der Waals surface area contributed by atoms with Crippen LogP contribution >= 0.6 is 0 Å². The zero-order chi connectivity index (χ0) is 31.1. The van der Waals surface area contributed by atoms with Crippen molar-refractivity contribution in [2.75, 3.05) is 50.8 Å². The Balaban J connectivity index is 1.15. The fraction of sp³-hybridized carbons (Fsp3) is 0.353. The van der Waals surface area contributed by atoms with Crippen molar-refractivity contribution >= 4 is 29.5 Å². The van der Waals surface area contributed by atoms with Crippen molar-refractivity contribution in [2.24, 2.45) is 0 Å². The summed E-state index contributed by atoms with van der Waals surface area (Å²) in [5, 5.41) is 11.4. The summed E-state index contributed by atoms with van der Waals surface area (Å²) >= 11 is 0. The van der Waals surface area contributed by atoms with Gasteiger partial charge in [0.05, 0.1) is 19.1 Å². The van der Waals surface area contributed by atoms with Crippen molar-refractivity contribution in [2.45, 2.75) is 31.9 Å². The van der Waals surface area contributed by atoms with E-state index in [1.807, 2.05) is 74.5 Å². The molecule has 2 aliphatic heterocycles. The van der Waals surface area contributed by atoms with Crippen LogP contribution in [0.4, 0.5) is 10.5 Å². The second-order valence-electron chi connectivity index (χ2n) is 11.0. The second-order valence-corrected chi connectivity index (χ2v) is 11.0. The van der Waals surface area contributed by atoms with Gasteiger partial charge in [0.25, 0.3) is 0 Å². The van der Waals surface area contributed by atoms with E-state index in [2.05, 4.69) is 15.1 Å². The van der Waals surface area contributed by atoms with Gasteiger partial charge >= 0.3 is 12.1 Å². The van der Waals surface area contributed by atoms with Gasteiger partial charge in [-0.3, -0.25) is 29.7 Å². The van der Waals surface area contributed by atoms with Crippen LogP contribution in [0.25, 0.3) is 0 Å². The second kappa shape index (κ2) is 14.3. The zero-order valence-electron chi connectivity index (χ0n) is 25.1. The third-order valence-corrected chi connectivity index (χ3v) is 8.16. The number of esters is 1. The van der Waals surface area contributed by atoms with E-state index in [1.165, 1.54) is 0 Å². The smallest absolute Gasteiger partial charge is 0.414 e. The number of benzene rings is 3. The van der Waals surface area contributed by atoms with Gasteiger partial charge in [0.15, 0.2) is 0 Å². The van der Waals surface area contributed by atoms with Crippen LogP contribution in [-0.2, 0) is 19.1 Å². The summed E-state index contributed by atoms with van der Waals surface area (Å²) < 4.78 is 10.8. The van der Waals surface area contributed by atoms with Crippen molar-refractivity contribution in [3.05, 3.63) is 102 Å². The Morgan fingerprint density at radius 3 is 2.09 bits per heavy atom. The lowest BCUT2D eigenvalue weighted by Gasteiger charge is -2.37. The Hall–Kier alpha value is -4.54. The molecule has 2 unspecified atom stereocenters. The quantitative estimate of drug-likeness (QED) is 0.207. The van der Waals surface area contributed by atoms with Gasteiger partial charge in [-0.15, -0.1) is 0 Å². The van der Waals surface area contributed by atoms with Crippen molar-refractivity contribution in [1.82, 2.24) is 15.1 Å². The van der Waals surface area contributed by atoms with Crippen molar-refractivity contribution in [3.8, 4) is 0 Å². The molecule has 3 aromatic carbocycles. The molecule has 0 aromatic heterocycles. The van der Waals surface area contributed by atoms with Gasteiger partial charge in [-0.1, -0.05) is 60.7 Å². The molecule has 5 rings (SSSR count). The molecule has 10 heteroatoms. The Labute approximate surface area is 258 Å². The van der Waals surface area contributed by atoms with E-state index in [4.69, 9.17) is 14.9 Å². The van der Waals surface area contributed by atoms with E-state index >= 15 is 0 Å². The molecule has 2 saturated heterocycles. The molecule has 2 atom stereocenters. The van der Waals surface area contributed by atoms with Crippen molar-refractivity contribution in [1.29, 1.82) is 5.41 Å². The fourth-order valence-electron chi connectivity index (χ4n) is 5.72. The summed E-state index contributed by atoms with van der Waals surface area (Å²) in [6.45, 7) is 8.12. The Kier molecular flexibility index (Phi) is 10.0. The molecule has 0 spiro atoms. The molecule has 0 saturated carbocycles. The number of nitrogens with zero attached hydrogens (tertiary/aromatic N) is 3. The van der Waals surface area contributed by atoms with Gasteiger partial charge in [-0.05, 0) is 49.2 Å². The number of nitrogens with one attached hydrogen (secondary N) is 2. The molecule has 0 aliphatic carbocycles.